The molecule has 1 atom stereocenters. The molecule has 1 aromatic rings. The Morgan fingerprint density at radius 2 is 2.04 bits per heavy atom. The maximum Gasteiger partial charge on any atom is 0.191 e. The Morgan fingerprint density at radius 3 is 2.62 bits per heavy atom. The van der Waals surface area contributed by atoms with E-state index in [1.165, 1.54) is 38.8 Å². The van der Waals surface area contributed by atoms with E-state index >= 15 is 0 Å². The van der Waals surface area contributed by atoms with Gasteiger partial charge < -0.3 is 20.3 Å². The maximum absolute atomic E-state index is 6.09. The van der Waals surface area contributed by atoms with Gasteiger partial charge in [0.15, 0.2) is 5.96 Å². The molecule has 0 amide bonds. The van der Waals surface area contributed by atoms with E-state index in [0.717, 1.165) is 22.6 Å². The Bertz CT molecular complexity index is 589. The van der Waals surface area contributed by atoms with E-state index in [9.17, 15) is 0 Å². The number of nitrogens with zero attached hydrogens (tertiary/aromatic N) is 2. The van der Waals surface area contributed by atoms with Crippen LogP contribution in [-0.2, 0) is 4.74 Å². The number of benzene rings is 1. The molecule has 3 rings (SSSR count). The molecule has 146 valence electrons. The number of hydrogen-bond donors (Lipinski definition) is 2. The molecule has 1 aliphatic heterocycles. The fraction of sp³-hybridized carbons (Fsp3) is 0.632. The lowest BCUT2D eigenvalue weighted by Crippen LogP contribution is -2.49. The summed E-state index contributed by atoms with van der Waals surface area (Å²) in [6.07, 6.45) is 5.08. The molecule has 0 aromatic heterocycles. The van der Waals surface area contributed by atoms with E-state index in [2.05, 4.69) is 20.5 Å². The maximum atomic E-state index is 6.09. The van der Waals surface area contributed by atoms with E-state index in [1.54, 1.807) is 7.11 Å². The normalized spacial score (nSPS) is 20.3. The molecule has 2 N–H and O–H groups in total. The van der Waals surface area contributed by atoms with Crippen LogP contribution in [-0.4, -0.2) is 56.7 Å². The number of rotatable bonds is 6. The van der Waals surface area contributed by atoms with E-state index in [1.807, 2.05) is 31.3 Å². The van der Waals surface area contributed by atoms with Crippen molar-refractivity contribution < 1.29 is 4.74 Å². The molecular weight excluding hydrogens is 463 g/mol. The fourth-order valence-corrected chi connectivity index (χ4v) is 3.67. The molecule has 7 heteroatoms. The van der Waals surface area contributed by atoms with Crippen LogP contribution in [0.5, 0.6) is 0 Å². The third-order valence-corrected chi connectivity index (χ3v) is 5.35. The molecule has 1 aliphatic carbocycles. The number of aliphatic imine (C=N–C) groups is 1. The van der Waals surface area contributed by atoms with Gasteiger partial charge in [-0.3, -0.25) is 4.99 Å². The van der Waals surface area contributed by atoms with Gasteiger partial charge in [0.25, 0.3) is 0 Å². The molecule has 1 saturated carbocycles. The van der Waals surface area contributed by atoms with Crippen molar-refractivity contribution in [2.75, 3.05) is 33.8 Å². The quantitative estimate of drug-likeness (QED) is 0.363. The number of methoxy groups -OCH3 is 1. The molecule has 1 unspecified atom stereocenters. The van der Waals surface area contributed by atoms with Gasteiger partial charge in [-0.25, -0.2) is 0 Å². The monoisotopic (exact) mass is 492 g/mol. The zero-order valence-corrected chi connectivity index (χ0v) is 18.7. The topological polar surface area (TPSA) is 48.9 Å². The Hall–Kier alpha value is -0.570. The first-order valence-corrected chi connectivity index (χ1v) is 9.57. The molecule has 2 aliphatic rings. The van der Waals surface area contributed by atoms with Gasteiger partial charge in [0, 0.05) is 50.9 Å². The summed E-state index contributed by atoms with van der Waals surface area (Å²) in [5, 5.41) is 7.67. The molecule has 2 fully saturated rings. The van der Waals surface area contributed by atoms with Crippen molar-refractivity contribution in [1.29, 1.82) is 0 Å². The van der Waals surface area contributed by atoms with Crippen LogP contribution in [0.2, 0.25) is 5.02 Å². The summed E-state index contributed by atoms with van der Waals surface area (Å²) in [6, 6.07) is 9.17. The second-order valence-electron chi connectivity index (χ2n) is 6.92. The lowest BCUT2D eigenvalue weighted by Gasteiger charge is -2.33. The zero-order valence-electron chi connectivity index (χ0n) is 15.6. The number of likely N-dealkylation sites (tertiary alicyclic amines) is 1. The molecule has 5 nitrogen and oxygen atoms in total. The second-order valence-corrected chi connectivity index (χ2v) is 7.35. The molecular formula is C19H30ClIN4O. The van der Waals surface area contributed by atoms with Crippen molar-refractivity contribution in [3.63, 3.8) is 0 Å². The highest BCUT2D eigenvalue weighted by Crippen LogP contribution is 2.29. The van der Waals surface area contributed by atoms with Crippen LogP contribution in [0.3, 0.4) is 0 Å². The predicted octanol–water partition coefficient (Wildman–Crippen LogP) is 3.44. The lowest BCUT2D eigenvalue weighted by atomic mass is 10.1. The van der Waals surface area contributed by atoms with Gasteiger partial charge in [0.05, 0.1) is 6.10 Å². The van der Waals surface area contributed by atoms with Crippen molar-refractivity contribution >= 4 is 41.5 Å². The van der Waals surface area contributed by atoms with Crippen LogP contribution >= 0.6 is 35.6 Å². The largest absolute Gasteiger partial charge is 0.375 e. The van der Waals surface area contributed by atoms with E-state index in [0.29, 0.717) is 12.6 Å². The molecule has 26 heavy (non-hydrogen) atoms. The highest BCUT2D eigenvalue weighted by atomic mass is 127. The van der Waals surface area contributed by atoms with Gasteiger partial charge in [-0.15, -0.1) is 24.0 Å². The van der Waals surface area contributed by atoms with Crippen molar-refractivity contribution in [2.24, 2.45) is 4.99 Å². The highest BCUT2D eigenvalue weighted by molar-refractivity contribution is 14.0. The number of piperidine rings is 1. The summed E-state index contributed by atoms with van der Waals surface area (Å²) in [4.78, 5) is 7.00. The summed E-state index contributed by atoms with van der Waals surface area (Å²) < 4.78 is 5.61. The van der Waals surface area contributed by atoms with Gasteiger partial charge in [-0.1, -0.05) is 23.7 Å². The molecule has 1 aromatic carbocycles. The third-order valence-electron chi connectivity index (χ3n) is 5.12. The van der Waals surface area contributed by atoms with E-state index in [4.69, 9.17) is 16.3 Å². The smallest absolute Gasteiger partial charge is 0.191 e. The summed E-state index contributed by atoms with van der Waals surface area (Å²) in [5.41, 5.74) is 1.07. The molecule has 0 bridgehead atoms. The van der Waals surface area contributed by atoms with E-state index in [-0.39, 0.29) is 30.1 Å². The van der Waals surface area contributed by atoms with Crippen LogP contribution in [0.25, 0.3) is 0 Å². The number of halogens is 2. The first-order valence-electron chi connectivity index (χ1n) is 9.19. The first-order chi connectivity index (χ1) is 12.2. The van der Waals surface area contributed by atoms with Gasteiger partial charge in [0.2, 0.25) is 0 Å². The minimum absolute atomic E-state index is 0. The minimum Gasteiger partial charge on any atom is -0.375 e. The summed E-state index contributed by atoms with van der Waals surface area (Å²) in [6.45, 7) is 3.04. The Kier molecular flexibility index (Phi) is 8.93. The Morgan fingerprint density at radius 1 is 1.31 bits per heavy atom. The highest BCUT2D eigenvalue weighted by Gasteiger charge is 2.31. The van der Waals surface area contributed by atoms with Crippen LogP contribution in [0.4, 0.5) is 0 Å². The number of guanidine groups is 1. The summed E-state index contributed by atoms with van der Waals surface area (Å²) in [5.74, 6) is 0.842. The summed E-state index contributed by atoms with van der Waals surface area (Å²) in [7, 11) is 3.53. The van der Waals surface area contributed by atoms with Crippen LogP contribution in [0.15, 0.2) is 29.3 Å². The average Bonchev–Trinajstić information content (AvgIpc) is 3.47. The lowest BCUT2D eigenvalue weighted by molar-refractivity contribution is 0.106. The molecule has 0 spiro atoms. The van der Waals surface area contributed by atoms with E-state index < -0.39 is 0 Å². The second kappa shape index (κ2) is 10.7. The van der Waals surface area contributed by atoms with Crippen molar-refractivity contribution in [3.05, 3.63) is 34.9 Å². The number of hydrogen-bond acceptors (Lipinski definition) is 3. The number of nitrogens with one attached hydrogen (secondary N) is 2. The number of ether oxygens (including phenoxy) is 1. The third kappa shape index (κ3) is 6.25. The summed E-state index contributed by atoms with van der Waals surface area (Å²) >= 11 is 6.09. The standard InChI is InChI=1S/C19H29ClN4O.HI/c1-21-19(23-16-8-10-24(11-9-16)17-6-7-17)22-13-18(25-2)14-4-3-5-15(20)12-14;/h3-5,12,16-18H,6-11,13H2,1-2H3,(H2,21,22,23);1H. The molecule has 0 radical (unpaired) electrons. The minimum atomic E-state index is -0.0611. The van der Waals surface area contributed by atoms with Gasteiger partial charge >= 0.3 is 0 Å². The zero-order chi connectivity index (χ0) is 17.6. The van der Waals surface area contributed by atoms with Crippen molar-refractivity contribution in [3.8, 4) is 0 Å². The van der Waals surface area contributed by atoms with Gasteiger partial charge in [0.1, 0.15) is 0 Å². The van der Waals surface area contributed by atoms with Gasteiger partial charge in [-0.05, 0) is 43.4 Å². The van der Waals surface area contributed by atoms with Crippen molar-refractivity contribution in [1.82, 2.24) is 15.5 Å². The Balaban J connectivity index is 0.00000243. The van der Waals surface area contributed by atoms with Crippen molar-refractivity contribution in [2.45, 2.75) is 43.9 Å². The molecule has 1 heterocycles. The molecule has 1 saturated heterocycles. The predicted molar refractivity (Wildman–Crippen MR) is 119 cm³/mol. The first kappa shape index (κ1) is 21.7. The van der Waals surface area contributed by atoms with Gasteiger partial charge in [-0.2, -0.15) is 0 Å². The SMILES string of the molecule is CN=C(NCC(OC)c1cccc(Cl)c1)NC1CCN(C2CC2)CC1.I. The fourth-order valence-electron chi connectivity index (χ4n) is 3.47. The Labute approximate surface area is 178 Å². The van der Waals surface area contributed by atoms with Crippen LogP contribution < -0.4 is 10.6 Å². The van der Waals surface area contributed by atoms with Crippen LogP contribution in [0, 0.1) is 0 Å². The average molecular weight is 493 g/mol. The van der Waals surface area contributed by atoms with Crippen LogP contribution in [0.1, 0.15) is 37.4 Å².